The molecule has 0 atom stereocenters. The highest BCUT2D eigenvalue weighted by Gasteiger charge is 2.03. The second kappa shape index (κ2) is 5.14. The molecule has 0 saturated carbocycles. The second-order valence-corrected chi connectivity index (χ2v) is 5.09. The zero-order chi connectivity index (χ0) is 12.3. The molecule has 2 aromatic heterocycles. The van der Waals surface area contributed by atoms with E-state index in [1.165, 1.54) is 9.75 Å². The molecule has 2 heterocycles. The maximum Gasteiger partial charge on any atom is 0.221 e. The highest BCUT2D eigenvalue weighted by atomic mass is 32.1. The van der Waals surface area contributed by atoms with E-state index in [0.717, 1.165) is 24.3 Å². The van der Waals surface area contributed by atoms with Crippen LogP contribution in [0, 0.1) is 6.92 Å². The predicted molar refractivity (Wildman–Crippen MR) is 72.2 cm³/mol. The number of hydrogen-bond acceptors (Lipinski definition) is 5. The lowest BCUT2D eigenvalue weighted by Crippen LogP contribution is -2.05. The average Bonchev–Trinajstić information content (AvgIpc) is 2.78. The number of anilines is 2. The molecule has 2 aromatic rings. The van der Waals surface area contributed by atoms with Gasteiger partial charge in [0.15, 0.2) is 0 Å². The molecule has 4 nitrogen and oxygen atoms in total. The monoisotopic (exact) mass is 248 g/mol. The van der Waals surface area contributed by atoms with E-state index in [9.17, 15) is 0 Å². The van der Waals surface area contributed by atoms with Crippen LogP contribution in [-0.2, 0) is 13.0 Å². The summed E-state index contributed by atoms with van der Waals surface area (Å²) in [5, 5.41) is 3.29. The molecule has 0 fully saturated rings. The highest BCUT2D eigenvalue weighted by molar-refractivity contribution is 7.12. The molecule has 0 saturated heterocycles. The topological polar surface area (TPSA) is 63.8 Å². The molecular weight excluding hydrogens is 232 g/mol. The van der Waals surface area contributed by atoms with Crippen LogP contribution in [-0.4, -0.2) is 9.97 Å². The fourth-order valence-electron chi connectivity index (χ4n) is 1.51. The van der Waals surface area contributed by atoms with Gasteiger partial charge in [0.25, 0.3) is 0 Å². The second-order valence-electron chi connectivity index (χ2n) is 3.83. The maximum atomic E-state index is 5.56. The summed E-state index contributed by atoms with van der Waals surface area (Å²) in [5.74, 6) is 1.11. The predicted octanol–water partition coefficient (Wildman–Crippen LogP) is 2.60. The number of nitrogens with one attached hydrogen (secondary N) is 1. The molecule has 0 amide bonds. The van der Waals surface area contributed by atoms with E-state index in [1.807, 2.05) is 18.3 Å². The van der Waals surface area contributed by atoms with Crippen molar-refractivity contribution in [2.75, 3.05) is 11.1 Å². The van der Waals surface area contributed by atoms with Crippen molar-refractivity contribution in [2.45, 2.75) is 26.8 Å². The van der Waals surface area contributed by atoms with Gasteiger partial charge in [-0.05, 0) is 25.5 Å². The molecule has 90 valence electrons. The molecule has 0 aliphatic heterocycles. The number of aryl methyl sites for hydroxylation is 2. The molecule has 0 aliphatic rings. The minimum atomic E-state index is 0.304. The minimum absolute atomic E-state index is 0.304. The van der Waals surface area contributed by atoms with Crippen LogP contribution < -0.4 is 11.1 Å². The van der Waals surface area contributed by atoms with Crippen LogP contribution in [0.25, 0.3) is 0 Å². The van der Waals surface area contributed by atoms with E-state index in [2.05, 4.69) is 34.3 Å². The molecule has 0 bridgehead atoms. The molecule has 0 unspecified atom stereocenters. The lowest BCUT2D eigenvalue weighted by atomic mass is 10.3. The van der Waals surface area contributed by atoms with Crippen LogP contribution in [0.4, 0.5) is 11.8 Å². The van der Waals surface area contributed by atoms with Crippen molar-refractivity contribution in [3.05, 3.63) is 33.6 Å². The van der Waals surface area contributed by atoms with Gasteiger partial charge in [0, 0.05) is 21.5 Å². The zero-order valence-electron chi connectivity index (χ0n) is 10.0. The van der Waals surface area contributed by atoms with Crippen LogP contribution in [0.5, 0.6) is 0 Å². The Morgan fingerprint density at radius 1 is 1.35 bits per heavy atom. The SMILES string of the molecule is CCc1ccc(CNc2nc(N)ncc2C)s1. The Morgan fingerprint density at radius 3 is 2.82 bits per heavy atom. The summed E-state index contributed by atoms with van der Waals surface area (Å²) >= 11 is 1.83. The molecule has 3 N–H and O–H groups in total. The summed E-state index contributed by atoms with van der Waals surface area (Å²) in [5.41, 5.74) is 6.57. The molecular formula is C12H16N4S. The van der Waals surface area contributed by atoms with E-state index >= 15 is 0 Å². The van der Waals surface area contributed by atoms with Gasteiger partial charge in [0.05, 0.1) is 6.54 Å². The molecule has 0 aromatic carbocycles. The molecule has 2 rings (SSSR count). The summed E-state index contributed by atoms with van der Waals surface area (Å²) in [7, 11) is 0. The van der Waals surface area contributed by atoms with Crippen LogP contribution in [0.2, 0.25) is 0 Å². The van der Waals surface area contributed by atoms with Crippen molar-refractivity contribution < 1.29 is 0 Å². The minimum Gasteiger partial charge on any atom is -0.368 e. The van der Waals surface area contributed by atoms with Crippen molar-refractivity contribution in [1.82, 2.24) is 9.97 Å². The third-order valence-electron chi connectivity index (χ3n) is 2.49. The Morgan fingerprint density at radius 2 is 2.12 bits per heavy atom. The summed E-state index contributed by atoms with van der Waals surface area (Å²) in [6.45, 7) is 4.91. The van der Waals surface area contributed by atoms with Crippen LogP contribution in [0.15, 0.2) is 18.3 Å². The molecule has 0 spiro atoms. The van der Waals surface area contributed by atoms with Crippen LogP contribution in [0.3, 0.4) is 0 Å². The van der Waals surface area contributed by atoms with Gasteiger partial charge < -0.3 is 11.1 Å². The quantitative estimate of drug-likeness (QED) is 0.873. The number of aromatic nitrogens is 2. The van der Waals surface area contributed by atoms with Crippen LogP contribution in [0.1, 0.15) is 22.2 Å². The maximum absolute atomic E-state index is 5.56. The smallest absolute Gasteiger partial charge is 0.221 e. The third kappa shape index (κ3) is 2.94. The standard InChI is InChI=1S/C12H16N4S/c1-3-9-4-5-10(17-9)7-14-11-8(2)6-15-12(13)16-11/h4-6H,3,7H2,1-2H3,(H3,13,14,15,16). The van der Waals surface area contributed by atoms with Gasteiger partial charge in [-0.15, -0.1) is 11.3 Å². The Bertz CT molecular complexity index is 507. The summed E-state index contributed by atoms with van der Waals surface area (Å²) in [4.78, 5) is 10.8. The summed E-state index contributed by atoms with van der Waals surface area (Å²) < 4.78 is 0. The Balaban J connectivity index is 2.04. The third-order valence-corrected chi connectivity index (χ3v) is 3.72. The first-order valence-corrected chi connectivity index (χ1v) is 6.41. The van der Waals surface area contributed by atoms with Gasteiger partial charge in [0.1, 0.15) is 5.82 Å². The molecule has 17 heavy (non-hydrogen) atoms. The number of nitrogens with two attached hydrogens (primary N) is 1. The van der Waals surface area contributed by atoms with Crippen LogP contribution >= 0.6 is 11.3 Å². The number of hydrogen-bond donors (Lipinski definition) is 2. The fourth-order valence-corrected chi connectivity index (χ4v) is 2.41. The van der Waals surface area contributed by atoms with Gasteiger partial charge in [0.2, 0.25) is 5.95 Å². The first-order valence-electron chi connectivity index (χ1n) is 5.59. The first-order chi connectivity index (χ1) is 8.19. The highest BCUT2D eigenvalue weighted by Crippen LogP contribution is 2.19. The number of nitrogen functional groups attached to an aromatic ring is 1. The van der Waals surface area contributed by atoms with E-state index in [0.29, 0.717) is 5.95 Å². The van der Waals surface area contributed by atoms with E-state index < -0.39 is 0 Å². The zero-order valence-corrected chi connectivity index (χ0v) is 10.8. The molecule has 5 heteroatoms. The van der Waals surface area contributed by atoms with Crippen molar-refractivity contribution >= 4 is 23.1 Å². The first kappa shape index (κ1) is 11.9. The Labute approximate surface area is 105 Å². The number of nitrogens with zero attached hydrogens (tertiary/aromatic N) is 2. The fraction of sp³-hybridized carbons (Fsp3) is 0.333. The Kier molecular flexibility index (Phi) is 3.58. The van der Waals surface area contributed by atoms with Gasteiger partial charge in [-0.3, -0.25) is 0 Å². The van der Waals surface area contributed by atoms with Crippen molar-refractivity contribution in [3.63, 3.8) is 0 Å². The van der Waals surface area contributed by atoms with E-state index in [1.54, 1.807) is 6.20 Å². The summed E-state index contributed by atoms with van der Waals surface area (Å²) in [6, 6.07) is 4.32. The number of thiophene rings is 1. The van der Waals surface area contributed by atoms with Gasteiger partial charge in [-0.25, -0.2) is 4.98 Å². The largest absolute Gasteiger partial charge is 0.368 e. The van der Waals surface area contributed by atoms with Crippen molar-refractivity contribution in [2.24, 2.45) is 0 Å². The van der Waals surface area contributed by atoms with Crippen molar-refractivity contribution in [1.29, 1.82) is 0 Å². The lowest BCUT2D eigenvalue weighted by molar-refractivity contribution is 1.08. The normalized spacial score (nSPS) is 10.5. The van der Waals surface area contributed by atoms with E-state index in [4.69, 9.17) is 5.73 Å². The van der Waals surface area contributed by atoms with E-state index in [-0.39, 0.29) is 0 Å². The van der Waals surface area contributed by atoms with Gasteiger partial charge >= 0.3 is 0 Å². The average molecular weight is 248 g/mol. The number of rotatable bonds is 4. The molecule has 0 radical (unpaired) electrons. The van der Waals surface area contributed by atoms with Gasteiger partial charge in [-0.1, -0.05) is 6.92 Å². The lowest BCUT2D eigenvalue weighted by Gasteiger charge is -2.07. The van der Waals surface area contributed by atoms with Gasteiger partial charge in [-0.2, -0.15) is 4.98 Å². The Hall–Kier alpha value is -1.62. The van der Waals surface area contributed by atoms with Crippen molar-refractivity contribution in [3.8, 4) is 0 Å². The summed E-state index contributed by atoms with van der Waals surface area (Å²) in [6.07, 6.45) is 2.82. The molecule has 0 aliphatic carbocycles.